The molecule has 0 spiro atoms. The van der Waals surface area contributed by atoms with E-state index < -0.39 is 0 Å². The van der Waals surface area contributed by atoms with Crippen LogP contribution in [-0.2, 0) is 11.5 Å². The summed E-state index contributed by atoms with van der Waals surface area (Å²) < 4.78 is 0. The van der Waals surface area contributed by atoms with Crippen molar-refractivity contribution in [2.24, 2.45) is 9.98 Å². The van der Waals surface area contributed by atoms with E-state index in [4.69, 9.17) is 9.98 Å². The van der Waals surface area contributed by atoms with Gasteiger partial charge in [-0.05, 0) is 97.8 Å². The van der Waals surface area contributed by atoms with Gasteiger partial charge >= 0.3 is 0 Å². The predicted octanol–water partition coefficient (Wildman–Crippen LogP) is 13.6. The van der Waals surface area contributed by atoms with E-state index in [2.05, 4.69) is 230 Å². The molecule has 0 N–H and O–H groups in total. The summed E-state index contributed by atoms with van der Waals surface area (Å²) in [7, 11) is 4.32. The molecule has 0 amide bonds. The molecule has 7 aromatic rings. The molecule has 0 radical (unpaired) electrons. The fourth-order valence-electron chi connectivity index (χ4n) is 7.03. The summed E-state index contributed by atoms with van der Waals surface area (Å²) in [4.78, 5) is 20.4. The average Bonchev–Trinajstić information content (AvgIpc) is 3.29. The van der Waals surface area contributed by atoms with Crippen molar-refractivity contribution < 1.29 is 0 Å². The number of anilines is 4. The van der Waals surface area contributed by atoms with Crippen LogP contribution in [0.3, 0.4) is 0 Å². The first-order valence-corrected chi connectivity index (χ1v) is 22.1. The first kappa shape index (κ1) is 40.3. The summed E-state index contributed by atoms with van der Waals surface area (Å²) in [5.74, 6) is 3.19. The zero-order chi connectivity index (χ0) is 41.3. The van der Waals surface area contributed by atoms with E-state index in [-0.39, 0.29) is 0 Å². The Hall–Kier alpha value is -6.48. The first-order valence-electron chi connectivity index (χ1n) is 20.1. The number of hydrogen-bond donors (Lipinski definition) is 0. The smallest absolute Gasteiger partial charge is 0.175 e. The van der Waals surface area contributed by atoms with E-state index in [0.717, 1.165) is 56.1 Å². The Morgan fingerprint density at radius 2 is 0.717 bits per heavy atom. The van der Waals surface area contributed by atoms with E-state index in [1.807, 2.05) is 12.1 Å². The van der Waals surface area contributed by atoms with Gasteiger partial charge in [-0.3, -0.25) is 9.80 Å². The molecule has 0 aromatic heterocycles. The Morgan fingerprint density at radius 3 is 1.07 bits per heavy atom. The van der Waals surface area contributed by atoms with Crippen LogP contribution in [-0.4, -0.2) is 24.4 Å². The molecule has 0 saturated heterocycles. The fourth-order valence-corrected chi connectivity index (χ4v) is 9.14. The van der Waals surface area contributed by atoms with E-state index in [1.165, 1.54) is 22.3 Å². The van der Waals surface area contributed by atoms with Crippen LogP contribution in [0.5, 0.6) is 0 Å². The SMILES string of the molecule is Cc1ccc(N2C(=Nc3ccccc3)SCc3ccccc3CSC(=Nc3ccccc3)N(c3ccc(C)cc3)/C(N(C)c3ccccc3)=C\2N(C)c2ccccc2)cc1. The van der Waals surface area contributed by atoms with Crippen LogP contribution in [0.25, 0.3) is 0 Å². The van der Waals surface area contributed by atoms with Gasteiger partial charge in [-0.2, -0.15) is 0 Å². The second kappa shape index (κ2) is 19.1. The normalized spacial score (nSPS) is 16.2. The highest BCUT2D eigenvalue weighted by atomic mass is 32.2. The van der Waals surface area contributed by atoms with E-state index >= 15 is 0 Å². The van der Waals surface area contributed by atoms with Gasteiger partial charge in [-0.15, -0.1) is 0 Å². The molecule has 1 aliphatic heterocycles. The fraction of sp³-hybridized carbons (Fsp3) is 0.115. The minimum Gasteiger partial charge on any atom is -0.327 e. The number of rotatable bonds is 8. The lowest BCUT2D eigenvalue weighted by atomic mass is 10.1. The van der Waals surface area contributed by atoms with Gasteiger partial charge in [0.05, 0.1) is 11.4 Å². The molecule has 298 valence electrons. The minimum atomic E-state index is 0.712. The second-order valence-corrected chi connectivity index (χ2v) is 16.5. The van der Waals surface area contributed by atoms with Crippen molar-refractivity contribution in [3.63, 3.8) is 0 Å². The van der Waals surface area contributed by atoms with Crippen molar-refractivity contribution in [1.29, 1.82) is 0 Å². The quantitative estimate of drug-likeness (QED) is 0.152. The van der Waals surface area contributed by atoms with E-state index in [0.29, 0.717) is 11.5 Å². The van der Waals surface area contributed by atoms with Crippen molar-refractivity contribution in [1.82, 2.24) is 0 Å². The number of amidine groups is 2. The molecule has 1 aliphatic rings. The van der Waals surface area contributed by atoms with Gasteiger partial charge in [0.15, 0.2) is 22.0 Å². The largest absolute Gasteiger partial charge is 0.327 e. The average molecular weight is 821 g/mol. The highest BCUT2D eigenvalue weighted by Gasteiger charge is 2.35. The first-order chi connectivity index (χ1) is 29.4. The molecule has 0 bridgehead atoms. The topological polar surface area (TPSA) is 37.7 Å². The highest BCUT2D eigenvalue weighted by molar-refractivity contribution is 8.13. The molecule has 0 saturated carbocycles. The number of hydrogen-bond acceptors (Lipinski definition) is 6. The molecule has 0 aliphatic carbocycles. The van der Waals surface area contributed by atoms with Crippen LogP contribution >= 0.6 is 23.5 Å². The number of nitrogens with zero attached hydrogens (tertiary/aromatic N) is 6. The molecule has 0 fully saturated rings. The van der Waals surface area contributed by atoms with Crippen molar-refractivity contribution in [2.45, 2.75) is 25.4 Å². The molecule has 1 heterocycles. The number of fused-ring (bicyclic) bond motifs is 1. The third-order valence-electron chi connectivity index (χ3n) is 10.3. The van der Waals surface area contributed by atoms with Gasteiger partial charge in [0, 0.05) is 48.4 Å². The van der Waals surface area contributed by atoms with Gasteiger partial charge in [-0.25, -0.2) is 9.98 Å². The third-order valence-corrected chi connectivity index (χ3v) is 12.3. The molecule has 60 heavy (non-hydrogen) atoms. The van der Waals surface area contributed by atoms with Gasteiger partial charge in [-0.1, -0.05) is 156 Å². The number of thioether (sulfide) groups is 2. The van der Waals surface area contributed by atoms with E-state index in [9.17, 15) is 0 Å². The molecule has 7 aromatic carbocycles. The van der Waals surface area contributed by atoms with Crippen molar-refractivity contribution in [3.8, 4) is 0 Å². The van der Waals surface area contributed by atoms with Gasteiger partial charge in [0.25, 0.3) is 0 Å². The van der Waals surface area contributed by atoms with E-state index in [1.54, 1.807) is 23.5 Å². The van der Waals surface area contributed by atoms with Gasteiger partial charge in [0.1, 0.15) is 0 Å². The lowest BCUT2D eigenvalue weighted by Crippen LogP contribution is -2.46. The van der Waals surface area contributed by atoms with Crippen molar-refractivity contribution in [3.05, 3.63) is 228 Å². The molecular weight excluding hydrogens is 773 g/mol. The maximum atomic E-state index is 5.56. The number of aryl methyl sites for hydroxylation is 2. The maximum absolute atomic E-state index is 5.56. The van der Waals surface area contributed by atoms with Crippen LogP contribution in [0.15, 0.2) is 216 Å². The number of aliphatic imine (C=N–C) groups is 2. The molecule has 8 rings (SSSR count). The summed E-state index contributed by atoms with van der Waals surface area (Å²) in [6.45, 7) is 4.27. The summed E-state index contributed by atoms with van der Waals surface area (Å²) in [5.41, 5.74) is 10.6. The molecule has 6 nitrogen and oxygen atoms in total. The zero-order valence-corrected chi connectivity index (χ0v) is 36.0. The Balaban J connectivity index is 1.56. The zero-order valence-electron chi connectivity index (χ0n) is 34.4. The molecule has 0 atom stereocenters. The Morgan fingerprint density at radius 1 is 0.400 bits per heavy atom. The molecule has 8 heteroatoms. The monoisotopic (exact) mass is 820 g/mol. The van der Waals surface area contributed by atoms with Crippen LogP contribution in [0.2, 0.25) is 0 Å². The maximum Gasteiger partial charge on any atom is 0.175 e. The van der Waals surface area contributed by atoms with Crippen molar-refractivity contribution >= 4 is 68.0 Å². The third kappa shape index (κ3) is 9.36. The molecular formula is C52H48N6S2. The van der Waals surface area contributed by atoms with Crippen molar-refractivity contribution in [2.75, 3.05) is 33.7 Å². The lowest BCUT2D eigenvalue weighted by Gasteiger charge is -2.42. The van der Waals surface area contributed by atoms with Crippen LogP contribution in [0.1, 0.15) is 22.3 Å². The summed E-state index contributed by atoms with van der Waals surface area (Å²) in [6, 6.07) is 68.1. The predicted molar refractivity (Wildman–Crippen MR) is 260 cm³/mol. The Bertz CT molecular complexity index is 2400. The Labute approximate surface area is 363 Å². The van der Waals surface area contributed by atoms with Crippen LogP contribution in [0.4, 0.5) is 34.1 Å². The number of benzene rings is 7. The minimum absolute atomic E-state index is 0.712. The van der Waals surface area contributed by atoms with Gasteiger partial charge in [0.2, 0.25) is 0 Å². The van der Waals surface area contributed by atoms with Crippen LogP contribution in [0, 0.1) is 13.8 Å². The summed E-state index contributed by atoms with van der Waals surface area (Å²) >= 11 is 3.50. The second-order valence-electron chi connectivity index (χ2n) is 14.6. The lowest BCUT2D eigenvalue weighted by molar-refractivity contribution is 0.924. The highest BCUT2D eigenvalue weighted by Crippen LogP contribution is 2.40. The molecule has 0 unspecified atom stereocenters. The standard InChI is InChI=1S/C52H48N6S2/c1-39-29-33-47(34-30-39)57-49(55(3)45-25-13-7-14-26-45)50(56(4)46-27-15-8-16-28-46)58(48-35-31-40(2)32-36-48)52(54-44-23-11-6-12-24-44)60-38-42-20-18-17-19-41(42)37-59-51(57)53-43-21-9-5-10-22-43/h5-36H,37-38H2,1-4H3/b50-49-,53-51?,54-52?. The van der Waals surface area contributed by atoms with Gasteiger partial charge < -0.3 is 9.80 Å². The summed E-state index contributed by atoms with van der Waals surface area (Å²) in [6.07, 6.45) is 0. The summed E-state index contributed by atoms with van der Waals surface area (Å²) in [5, 5.41) is 1.66. The Kier molecular flexibility index (Phi) is 12.8. The van der Waals surface area contributed by atoms with Crippen LogP contribution < -0.4 is 19.6 Å². The number of para-hydroxylation sites is 4.